The second kappa shape index (κ2) is 59.8. The summed E-state index contributed by atoms with van der Waals surface area (Å²) in [6.45, 7) is 14.1. The van der Waals surface area contributed by atoms with E-state index in [1.54, 1.807) is 0 Å². The van der Waals surface area contributed by atoms with Crippen molar-refractivity contribution in [2.24, 2.45) is 23.7 Å². The Kier molecular flexibility index (Phi) is 58.5. The molecule has 0 saturated carbocycles. The highest BCUT2D eigenvalue weighted by Crippen LogP contribution is 2.45. The van der Waals surface area contributed by atoms with E-state index in [0.29, 0.717) is 31.6 Å². The molecule has 0 amide bonds. The number of rotatable bonds is 67. The number of phosphoric acid groups is 2. The van der Waals surface area contributed by atoms with Gasteiger partial charge < -0.3 is 33.8 Å². The van der Waals surface area contributed by atoms with Gasteiger partial charge in [0.1, 0.15) is 19.3 Å². The first-order chi connectivity index (χ1) is 42.6. The summed E-state index contributed by atoms with van der Waals surface area (Å²) >= 11 is 0. The molecule has 17 nitrogen and oxygen atoms in total. The van der Waals surface area contributed by atoms with Gasteiger partial charge in [0.2, 0.25) is 0 Å². The molecule has 3 unspecified atom stereocenters. The average Bonchev–Trinajstić information content (AvgIpc) is 3.64. The quantitative estimate of drug-likeness (QED) is 0.0222. The SMILES string of the molecule is CCC(C)CCCCCCCCCCCCC(=O)OC[C@H](COP(=O)(O)OC[C@@H](O)COP(=O)(O)OC[C@@H](COC(=O)CCCCCCCCC(C)C)OC(=O)CCCCCCCCCCC(C)C)OC(=O)CCCCCCCCCCCCCCC(C)C. The first-order valence-corrected chi connectivity index (χ1v) is 39.2. The molecule has 6 atom stereocenters. The van der Waals surface area contributed by atoms with Gasteiger partial charge in [-0.25, -0.2) is 9.13 Å². The summed E-state index contributed by atoms with van der Waals surface area (Å²) in [5.41, 5.74) is 0. The van der Waals surface area contributed by atoms with Crippen molar-refractivity contribution in [1.29, 1.82) is 0 Å². The predicted octanol–water partition coefficient (Wildman–Crippen LogP) is 19.7. The van der Waals surface area contributed by atoms with Crippen molar-refractivity contribution < 1.29 is 80.2 Å². The van der Waals surface area contributed by atoms with Crippen LogP contribution in [0.15, 0.2) is 0 Å². The van der Waals surface area contributed by atoms with Crippen LogP contribution in [0.3, 0.4) is 0 Å². The van der Waals surface area contributed by atoms with Gasteiger partial charge in [-0.05, 0) is 49.4 Å². The van der Waals surface area contributed by atoms with Crippen LogP contribution >= 0.6 is 15.6 Å². The van der Waals surface area contributed by atoms with Crippen LogP contribution in [-0.2, 0) is 65.4 Å². The molecular formula is C70H136O17P2. The Bertz CT molecular complexity index is 1770. The van der Waals surface area contributed by atoms with Gasteiger partial charge in [-0.2, -0.15) is 0 Å². The highest BCUT2D eigenvalue weighted by atomic mass is 31.2. The Morgan fingerprint density at radius 1 is 0.315 bits per heavy atom. The van der Waals surface area contributed by atoms with E-state index in [2.05, 4.69) is 55.4 Å². The Morgan fingerprint density at radius 2 is 0.539 bits per heavy atom. The number of carbonyl (C=O) groups excluding carboxylic acids is 4. The van der Waals surface area contributed by atoms with Gasteiger partial charge in [0.15, 0.2) is 12.2 Å². The van der Waals surface area contributed by atoms with Crippen molar-refractivity contribution >= 4 is 39.5 Å². The second-order valence-corrected chi connectivity index (χ2v) is 29.8. The summed E-state index contributed by atoms with van der Waals surface area (Å²) < 4.78 is 68.2. The number of hydrogen-bond donors (Lipinski definition) is 3. The highest BCUT2D eigenvalue weighted by Gasteiger charge is 2.30. The topological polar surface area (TPSA) is 237 Å². The number of aliphatic hydroxyl groups excluding tert-OH is 1. The zero-order valence-corrected chi connectivity index (χ0v) is 59.8. The summed E-state index contributed by atoms with van der Waals surface area (Å²) in [5, 5.41) is 10.6. The van der Waals surface area contributed by atoms with Gasteiger partial charge in [0.25, 0.3) is 0 Å². The van der Waals surface area contributed by atoms with E-state index in [-0.39, 0.29) is 25.7 Å². The van der Waals surface area contributed by atoms with Gasteiger partial charge in [0.05, 0.1) is 26.4 Å². The normalized spacial score (nSPS) is 14.6. The van der Waals surface area contributed by atoms with E-state index in [4.69, 9.17) is 37.0 Å². The number of phosphoric ester groups is 2. The number of hydrogen-bond acceptors (Lipinski definition) is 15. The van der Waals surface area contributed by atoms with Gasteiger partial charge in [-0.15, -0.1) is 0 Å². The fourth-order valence-corrected chi connectivity index (χ4v) is 12.0. The number of unbranched alkanes of at least 4 members (excludes halogenated alkanes) is 32. The van der Waals surface area contributed by atoms with E-state index in [0.717, 1.165) is 114 Å². The fraction of sp³-hybridized carbons (Fsp3) is 0.943. The second-order valence-electron chi connectivity index (χ2n) is 26.9. The van der Waals surface area contributed by atoms with Crippen molar-refractivity contribution in [2.75, 3.05) is 39.6 Å². The molecule has 0 bridgehead atoms. The molecule has 528 valence electrons. The molecule has 0 aromatic carbocycles. The summed E-state index contributed by atoms with van der Waals surface area (Å²) in [6, 6.07) is 0. The summed E-state index contributed by atoms with van der Waals surface area (Å²) in [4.78, 5) is 72.5. The summed E-state index contributed by atoms with van der Waals surface area (Å²) in [7, 11) is -9.90. The van der Waals surface area contributed by atoms with Gasteiger partial charge in [0, 0.05) is 25.7 Å². The summed E-state index contributed by atoms with van der Waals surface area (Å²) in [6.07, 6.45) is 41.8. The molecule has 0 aromatic heterocycles. The molecular weight excluding hydrogens is 1170 g/mol. The van der Waals surface area contributed by atoms with Gasteiger partial charge >= 0.3 is 39.5 Å². The van der Waals surface area contributed by atoms with Crippen LogP contribution in [0.5, 0.6) is 0 Å². The lowest BCUT2D eigenvalue weighted by molar-refractivity contribution is -0.161. The van der Waals surface area contributed by atoms with E-state index in [9.17, 15) is 43.2 Å². The molecule has 0 saturated heterocycles. The molecule has 0 spiro atoms. The largest absolute Gasteiger partial charge is 0.472 e. The van der Waals surface area contributed by atoms with Crippen LogP contribution in [-0.4, -0.2) is 96.7 Å². The third-order valence-corrected chi connectivity index (χ3v) is 18.3. The smallest absolute Gasteiger partial charge is 0.462 e. The van der Waals surface area contributed by atoms with Crippen molar-refractivity contribution in [1.82, 2.24) is 0 Å². The monoisotopic (exact) mass is 1310 g/mol. The number of ether oxygens (including phenoxy) is 4. The minimum Gasteiger partial charge on any atom is -0.462 e. The molecule has 0 rings (SSSR count). The van der Waals surface area contributed by atoms with E-state index >= 15 is 0 Å². The van der Waals surface area contributed by atoms with E-state index in [1.807, 2.05) is 0 Å². The Balaban J connectivity index is 5.25. The third-order valence-electron chi connectivity index (χ3n) is 16.4. The molecule has 0 heterocycles. The van der Waals surface area contributed by atoms with Crippen LogP contribution in [0.2, 0.25) is 0 Å². The summed E-state index contributed by atoms with van der Waals surface area (Å²) in [5.74, 6) is 0.852. The third kappa shape index (κ3) is 63.2. The predicted molar refractivity (Wildman–Crippen MR) is 358 cm³/mol. The maximum Gasteiger partial charge on any atom is 0.472 e. The zero-order chi connectivity index (χ0) is 66.1. The van der Waals surface area contributed by atoms with E-state index in [1.165, 1.54) is 141 Å². The van der Waals surface area contributed by atoms with E-state index < -0.39 is 97.5 Å². The fourth-order valence-electron chi connectivity index (χ4n) is 10.5. The standard InChI is InChI=1S/C70H136O17P2/c1-9-63(8)49-41-33-24-17-14-15-18-25-34-42-50-67(72)80-56-65(86-69(74)52-44-36-26-19-13-11-10-12-16-22-30-38-46-60(2)3)58-84-88(76,77)82-54-64(71)55-83-89(78,79)85-59-66(57-81-68(73)51-43-35-29-28-32-40-48-62(6)7)87-70(75)53-45-37-27-21-20-23-31-39-47-61(4)5/h60-66,71H,9-59H2,1-8H3,(H,76,77)(H,78,79)/t63?,64-,65-,66-/m1/s1. The van der Waals surface area contributed by atoms with Crippen LogP contribution in [0.1, 0.15) is 344 Å². The van der Waals surface area contributed by atoms with Crippen LogP contribution in [0.4, 0.5) is 0 Å². The first-order valence-electron chi connectivity index (χ1n) is 36.2. The molecule has 0 aliphatic heterocycles. The molecule has 0 aliphatic carbocycles. The molecule has 0 aliphatic rings. The maximum absolute atomic E-state index is 13.0. The first kappa shape index (κ1) is 87.1. The molecule has 19 heteroatoms. The van der Waals surface area contributed by atoms with Crippen LogP contribution in [0, 0.1) is 23.7 Å². The minimum atomic E-state index is -4.95. The zero-order valence-electron chi connectivity index (χ0n) is 58.1. The Hall–Kier alpha value is -1.94. The highest BCUT2D eigenvalue weighted by molar-refractivity contribution is 7.47. The number of aliphatic hydroxyl groups is 1. The number of esters is 4. The minimum absolute atomic E-state index is 0.103. The maximum atomic E-state index is 13.0. The Morgan fingerprint density at radius 3 is 0.798 bits per heavy atom. The van der Waals surface area contributed by atoms with Crippen molar-refractivity contribution in [3.63, 3.8) is 0 Å². The van der Waals surface area contributed by atoms with Crippen molar-refractivity contribution in [2.45, 2.75) is 363 Å². The lowest BCUT2D eigenvalue weighted by Crippen LogP contribution is -2.30. The van der Waals surface area contributed by atoms with Gasteiger partial charge in [-0.3, -0.25) is 37.3 Å². The lowest BCUT2D eigenvalue weighted by atomic mass is 9.99. The lowest BCUT2D eigenvalue weighted by Gasteiger charge is -2.21. The molecule has 0 fully saturated rings. The molecule has 89 heavy (non-hydrogen) atoms. The Labute approximate surface area is 543 Å². The van der Waals surface area contributed by atoms with Crippen LogP contribution < -0.4 is 0 Å². The van der Waals surface area contributed by atoms with Crippen molar-refractivity contribution in [3.05, 3.63) is 0 Å². The molecule has 0 radical (unpaired) electrons. The van der Waals surface area contributed by atoms with Gasteiger partial charge in [-0.1, -0.05) is 293 Å². The molecule has 3 N–H and O–H groups in total. The average molecular weight is 1310 g/mol. The number of carbonyl (C=O) groups is 4. The molecule has 0 aromatic rings. The van der Waals surface area contributed by atoms with Crippen LogP contribution in [0.25, 0.3) is 0 Å². The van der Waals surface area contributed by atoms with Crippen molar-refractivity contribution in [3.8, 4) is 0 Å².